The molecule has 2 aliphatic carbocycles. The predicted octanol–water partition coefficient (Wildman–Crippen LogP) is 7.74. The number of carbonyl (C=O) groups excluding carboxylic acids is 2. The summed E-state index contributed by atoms with van der Waals surface area (Å²) in [5.41, 5.74) is 5.27. The molecule has 8 rings (SSSR count). The van der Waals surface area contributed by atoms with Crippen molar-refractivity contribution in [1.82, 2.24) is 40.0 Å². The molecule has 0 unspecified atom stereocenters. The molecule has 0 saturated heterocycles. The van der Waals surface area contributed by atoms with E-state index in [4.69, 9.17) is 23.2 Å². The zero-order valence-electron chi connectivity index (χ0n) is 27.5. The van der Waals surface area contributed by atoms with Gasteiger partial charge in [-0.15, -0.1) is 0 Å². The number of nitrogens with one attached hydrogen (secondary N) is 4. The van der Waals surface area contributed by atoms with Crippen molar-refractivity contribution in [3.8, 4) is 11.4 Å². The van der Waals surface area contributed by atoms with E-state index in [2.05, 4.69) is 41.2 Å². The largest absolute Gasteiger partial charge is 0.309 e. The molecule has 0 radical (unpaired) electrons. The summed E-state index contributed by atoms with van der Waals surface area (Å²) in [6, 6.07) is 22.3. The van der Waals surface area contributed by atoms with Gasteiger partial charge < -0.3 is 10.6 Å². The molecule has 14 heteroatoms. The van der Waals surface area contributed by atoms with Crippen LogP contribution in [0.3, 0.4) is 0 Å². The number of H-pyrrole nitrogens is 2. The van der Waals surface area contributed by atoms with Crippen LogP contribution in [0.4, 0.5) is 11.6 Å². The Bertz CT molecular complexity index is 1970. The SMILES string of the molecule is C[C@@H](C(=O)Nc1cc(C2CC2)[nH]n1)c1ccn(-c2cccc(Cl)c2)n1.C[C@H](C(=O)Nc1cc(C2CC2)[nH]n1)c1ccn(-c2cccc(Cl)c2)n1. The lowest BCUT2D eigenvalue weighted by Gasteiger charge is -2.08. The van der Waals surface area contributed by atoms with Crippen molar-refractivity contribution in [3.05, 3.63) is 118 Å². The van der Waals surface area contributed by atoms with Crippen LogP contribution in [0.5, 0.6) is 0 Å². The van der Waals surface area contributed by atoms with Gasteiger partial charge in [-0.2, -0.15) is 20.4 Å². The van der Waals surface area contributed by atoms with Gasteiger partial charge in [0, 0.05) is 57.8 Å². The summed E-state index contributed by atoms with van der Waals surface area (Å²) in [5.74, 6) is 1.23. The van der Waals surface area contributed by atoms with Crippen molar-refractivity contribution in [2.45, 2.75) is 63.2 Å². The van der Waals surface area contributed by atoms with E-state index in [1.54, 1.807) is 9.36 Å². The summed E-state index contributed by atoms with van der Waals surface area (Å²) < 4.78 is 3.43. The van der Waals surface area contributed by atoms with Crippen LogP contribution in [0.15, 0.2) is 85.2 Å². The van der Waals surface area contributed by atoms with Crippen molar-refractivity contribution in [2.24, 2.45) is 0 Å². The average Bonchev–Trinajstić information content (AvgIpc) is 3.87. The van der Waals surface area contributed by atoms with E-state index >= 15 is 0 Å². The van der Waals surface area contributed by atoms with Gasteiger partial charge in [-0.3, -0.25) is 19.8 Å². The first-order valence-electron chi connectivity index (χ1n) is 16.6. The molecule has 50 heavy (non-hydrogen) atoms. The minimum absolute atomic E-state index is 0.134. The highest BCUT2D eigenvalue weighted by molar-refractivity contribution is 6.31. The summed E-state index contributed by atoms with van der Waals surface area (Å²) >= 11 is 12.0. The fourth-order valence-corrected chi connectivity index (χ4v) is 5.78. The third kappa shape index (κ3) is 7.98. The molecule has 2 atom stereocenters. The summed E-state index contributed by atoms with van der Waals surface area (Å²) in [6.45, 7) is 3.66. The van der Waals surface area contributed by atoms with E-state index in [1.807, 2.05) is 99.0 Å². The van der Waals surface area contributed by atoms with Crippen LogP contribution in [-0.4, -0.2) is 51.8 Å². The molecule has 0 bridgehead atoms. The summed E-state index contributed by atoms with van der Waals surface area (Å²) in [4.78, 5) is 24.9. The number of anilines is 2. The zero-order valence-corrected chi connectivity index (χ0v) is 29.0. The van der Waals surface area contributed by atoms with E-state index in [1.165, 1.54) is 25.7 Å². The standard InChI is InChI=1S/2C18H18ClN5O/c2*1-11(18(25)20-17-10-16(21-22-17)12-5-6-12)15-7-8-24(23-15)14-4-2-3-13(19)9-14/h2*2-4,7-12H,5-6H2,1H3,(H2,20,21,22,25)/t2*11-/m10/s1. The molecule has 2 fully saturated rings. The molecule has 4 N–H and O–H groups in total. The van der Waals surface area contributed by atoms with Gasteiger partial charge in [-0.1, -0.05) is 35.3 Å². The average molecular weight is 712 g/mol. The number of hydrogen-bond donors (Lipinski definition) is 4. The molecule has 4 aromatic heterocycles. The van der Waals surface area contributed by atoms with E-state index in [0.717, 1.165) is 22.8 Å². The number of carbonyl (C=O) groups is 2. The third-order valence-electron chi connectivity index (χ3n) is 8.77. The second-order valence-electron chi connectivity index (χ2n) is 12.7. The van der Waals surface area contributed by atoms with Crippen LogP contribution < -0.4 is 10.6 Å². The number of aromatic nitrogens is 8. The number of benzene rings is 2. The minimum atomic E-state index is -0.387. The quantitative estimate of drug-likeness (QED) is 0.114. The van der Waals surface area contributed by atoms with Crippen molar-refractivity contribution < 1.29 is 9.59 Å². The third-order valence-corrected chi connectivity index (χ3v) is 9.24. The molecule has 6 aromatic rings. The number of halogens is 2. The molecule has 2 saturated carbocycles. The van der Waals surface area contributed by atoms with Gasteiger partial charge in [-0.25, -0.2) is 9.36 Å². The molecule has 2 aromatic carbocycles. The minimum Gasteiger partial charge on any atom is -0.309 e. The molecule has 0 spiro atoms. The zero-order chi connectivity index (χ0) is 34.8. The van der Waals surface area contributed by atoms with Crippen molar-refractivity contribution in [2.75, 3.05) is 10.6 Å². The lowest BCUT2D eigenvalue weighted by Crippen LogP contribution is -2.19. The maximum Gasteiger partial charge on any atom is 0.234 e. The second-order valence-corrected chi connectivity index (χ2v) is 13.6. The second kappa shape index (κ2) is 14.3. The van der Waals surface area contributed by atoms with Gasteiger partial charge >= 0.3 is 0 Å². The Hall–Kier alpha value is -5.20. The maximum atomic E-state index is 12.5. The Morgan fingerprint density at radius 2 is 1.10 bits per heavy atom. The number of rotatable bonds is 10. The number of hydrogen-bond acceptors (Lipinski definition) is 6. The van der Waals surface area contributed by atoms with Crippen molar-refractivity contribution in [3.63, 3.8) is 0 Å². The Morgan fingerprint density at radius 1 is 0.680 bits per heavy atom. The topological polar surface area (TPSA) is 151 Å². The summed E-state index contributed by atoms with van der Waals surface area (Å²) in [7, 11) is 0. The number of amides is 2. The van der Waals surface area contributed by atoms with Crippen molar-refractivity contribution in [1.29, 1.82) is 0 Å². The molecule has 256 valence electrons. The maximum absolute atomic E-state index is 12.5. The molecule has 2 amide bonds. The van der Waals surface area contributed by atoms with Crippen LogP contribution in [-0.2, 0) is 9.59 Å². The van der Waals surface area contributed by atoms with Gasteiger partial charge in [-0.05, 0) is 88.1 Å². The predicted molar refractivity (Wildman–Crippen MR) is 192 cm³/mol. The van der Waals surface area contributed by atoms with Crippen LogP contribution in [0.2, 0.25) is 10.0 Å². The van der Waals surface area contributed by atoms with Gasteiger partial charge in [0.2, 0.25) is 11.8 Å². The fraction of sp³-hybridized carbons (Fsp3) is 0.278. The first-order chi connectivity index (χ1) is 24.2. The Labute approximate surface area is 298 Å². The molecule has 2 aliphatic rings. The molecular weight excluding hydrogens is 675 g/mol. The first kappa shape index (κ1) is 33.3. The van der Waals surface area contributed by atoms with Crippen LogP contribution >= 0.6 is 23.2 Å². The Morgan fingerprint density at radius 3 is 1.48 bits per heavy atom. The Kier molecular flexibility index (Phi) is 9.55. The highest BCUT2D eigenvalue weighted by atomic mass is 35.5. The smallest absolute Gasteiger partial charge is 0.234 e. The first-order valence-corrected chi connectivity index (χ1v) is 17.3. The lowest BCUT2D eigenvalue weighted by atomic mass is 10.1. The summed E-state index contributed by atoms with van der Waals surface area (Å²) in [5, 5.41) is 30.3. The summed E-state index contributed by atoms with van der Waals surface area (Å²) in [6.07, 6.45) is 8.40. The molecule has 12 nitrogen and oxygen atoms in total. The highest BCUT2D eigenvalue weighted by Crippen LogP contribution is 2.40. The van der Waals surface area contributed by atoms with E-state index in [0.29, 0.717) is 44.9 Å². The van der Waals surface area contributed by atoms with Gasteiger partial charge in [0.25, 0.3) is 0 Å². The lowest BCUT2D eigenvalue weighted by molar-refractivity contribution is -0.118. The van der Waals surface area contributed by atoms with Crippen molar-refractivity contribution >= 4 is 46.7 Å². The normalized spacial score (nSPS) is 15.1. The molecule has 4 heterocycles. The molecule has 0 aliphatic heterocycles. The van der Waals surface area contributed by atoms with E-state index in [-0.39, 0.29) is 23.7 Å². The van der Waals surface area contributed by atoms with Crippen LogP contribution in [0, 0.1) is 0 Å². The monoisotopic (exact) mass is 710 g/mol. The Balaban J connectivity index is 0.000000157. The van der Waals surface area contributed by atoms with Gasteiger partial charge in [0.1, 0.15) is 0 Å². The highest BCUT2D eigenvalue weighted by Gasteiger charge is 2.27. The number of aromatic amines is 2. The van der Waals surface area contributed by atoms with Gasteiger partial charge in [0.15, 0.2) is 11.6 Å². The van der Waals surface area contributed by atoms with Crippen LogP contribution in [0.1, 0.15) is 86.0 Å². The number of nitrogens with zero attached hydrogens (tertiary/aromatic N) is 6. The van der Waals surface area contributed by atoms with Crippen LogP contribution in [0.25, 0.3) is 11.4 Å². The molecular formula is C36H36Cl2N10O2. The van der Waals surface area contributed by atoms with E-state index < -0.39 is 0 Å². The fourth-order valence-electron chi connectivity index (χ4n) is 5.41. The van der Waals surface area contributed by atoms with E-state index in [9.17, 15) is 9.59 Å². The van der Waals surface area contributed by atoms with Gasteiger partial charge in [0.05, 0.1) is 34.6 Å².